The molecule has 0 radical (unpaired) electrons. The van der Waals surface area contributed by atoms with E-state index in [-0.39, 0.29) is 23.7 Å². The molecule has 4 heterocycles. The van der Waals surface area contributed by atoms with E-state index >= 15 is 0 Å². The molecule has 0 spiro atoms. The first-order valence-corrected chi connectivity index (χ1v) is 13.9. The fourth-order valence-corrected chi connectivity index (χ4v) is 6.98. The molecule has 30 heavy (non-hydrogen) atoms. The van der Waals surface area contributed by atoms with Crippen LogP contribution in [-0.2, 0) is 27.8 Å². The van der Waals surface area contributed by atoms with Crippen LogP contribution >= 0.6 is 23.6 Å². The topological polar surface area (TPSA) is 69.4 Å². The summed E-state index contributed by atoms with van der Waals surface area (Å²) in [4.78, 5) is 3.34. The lowest BCUT2D eigenvalue weighted by Gasteiger charge is -2.27. The van der Waals surface area contributed by atoms with Gasteiger partial charge >= 0.3 is 0 Å². The maximum Gasteiger partial charge on any atom is 0.199 e. The molecule has 2 aliphatic heterocycles. The van der Waals surface area contributed by atoms with Gasteiger partial charge in [0.2, 0.25) is 0 Å². The Balaban J connectivity index is 1.62. The van der Waals surface area contributed by atoms with Gasteiger partial charge in [0, 0.05) is 19.2 Å². The molecule has 0 amide bonds. The van der Waals surface area contributed by atoms with Crippen LogP contribution in [0.2, 0.25) is 0 Å². The van der Waals surface area contributed by atoms with E-state index in [1.54, 1.807) is 11.3 Å². The van der Waals surface area contributed by atoms with Crippen molar-refractivity contribution in [3.05, 3.63) is 22.3 Å². The summed E-state index contributed by atoms with van der Waals surface area (Å²) in [6, 6.07) is 4.13. The van der Waals surface area contributed by atoms with Gasteiger partial charge in [-0.3, -0.25) is 9.47 Å². The van der Waals surface area contributed by atoms with E-state index in [1.807, 2.05) is 16.1 Å². The van der Waals surface area contributed by atoms with Gasteiger partial charge in [-0.15, -0.1) is 16.4 Å². The molecule has 0 unspecified atom stereocenters. The monoisotopic (exact) mass is 470 g/mol. The smallest absolute Gasteiger partial charge is 0.199 e. The second kappa shape index (κ2) is 9.60. The minimum Gasteiger partial charge on any atom is -0.376 e. The zero-order chi connectivity index (χ0) is 21.1. The molecule has 2 aromatic rings. The van der Waals surface area contributed by atoms with Crippen molar-refractivity contribution in [2.75, 3.05) is 24.7 Å². The van der Waals surface area contributed by atoms with Gasteiger partial charge in [-0.1, -0.05) is 19.4 Å². The van der Waals surface area contributed by atoms with Crippen molar-refractivity contribution in [2.24, 2.45) is 0 Å². The Morgan fingerprint density at radius 3 is 2.90 bits per heavy atom. The molecule has 7 nitrogen and oxygen atoms in total. The van der Waals surface area contributed by atoms with Crippen LogP contribution in [-0.4, -0.2) is 64.5 Å². The lowest BCUT2D eigenvalue weighted by atomic mass is 10.2. The highest BCUT2D eigenvalue weighted by Crippen LogP contribution is 2.26. The molecule has 2 fully saturated rings. The van der Waals surface area contributed by atoms with Crippen LogP contribution in [0.1, 0.15) is 39.0 Å². The van der Waals surface area contributed by atoms with Crippen LogP contribution in [0.3, 0.4) is 0 Å². The third kappa shape index (κ3) is 5.04. The third-order valence-electron chi connectivity index (χ3n) is 5.91. The summed E-state index contributed by atoms with van der Waals surface area (Å²) in [5.41, 5.74) is 0. The number of thiophene rings is 1. The first-order chi connectivity index (χ1) is 14.5. The Hall–Kier alpha value is -1.07. The van der Waals surface area contributed by atoms with Crippen molar-refractivity contribution in [1.29, 1.82) is 0 Å². The lowest BCUT2D eigenvalue weighted by molar-refractivity contribution is 0.0964. The summed E-state index contributed by atoms with van der Waals surface area (Å²) in [6.45, 7) is 5.04. The average Bonchev–Trinajstić information content (AvgIpc) is 3.50. The molecule has 2 saturated heterocycles. The zero-order valence-electron chi connectivity index (χ0n) is 17.4. The second-order valence-electron chi connectivity index (χ2n) is 8.19. The fourth-order valence-electron chi connectivity index (χ4n) is 4.24. The van der Waals surface area contributed by atoms with E-state index in [4.69, 9.17) is 22.1 Å². The van der Waals surface area contributed by atoms with E-state index in [0.717, 1.165) is 49.5 Å². The highest BCUT2D eigenvalue weighted by molar-refractivity contribution is 7.91. The minimum atomic E-state index is -2.94. The number of sulfone groups is 1. The Bertz CT molecular complexity index is 991. The van der Waals surface area contributed by atoms with Gasteiger partial charge in [0.25, 0.3) is 0 Å². The van der Waals surface area contributed by atoms with Gasteiger partial charge in [0.15, 0.2) is 20.4 Å². The summed E-state index contributed by atoms with van der Waals surface area (Å²) >= 11 is 7.49. The highest BCUT2D eigenvalue weighted by atomic mass is 32.2. The van der Waals surface area contributed by atoms with Gasteiger partial charge in [0.05, 0.1) is 35.7 Å². The van der Waals surface area contributed by atoms with Crippen LogP contribution < -0.4 is 0 Å². The molecule has 0 bridgehead atoms. The lowest BCUT2D eigenvalue weighted by Crippen LogP contribution is -2.38. The normalized spacial score (nSPS) is 23.5. The molecule has 0 N–H and O–H groups in total. The molecule has 2 aromatic heterocycles. The molecule has 2 atom stereocenters. The third-order valence-corrected chi connectivity index (χ3v) is 8.96. The Morgan fingerprint density at radius 2 is 2.27 bits per heavy atom. The zero-order valence-corrected chi connectivity index (χ0v) is 19.9. The molecule has 10 heteroatoms. The fraction of sp³-hybridized carbons (Fsp3) is 0.700. The van der Waals surface area contributed by atoms with Crippen LogP contribution in [0.4, 0.5) is 0 Å². The van der Waals surface area contributed by atoms with Crippen molar-refractivity contribution in [2.45, 2.75) is 64.4 Å². The largest absolute Gasteiger partial charge is 0.376 e. The molecule has 0 aromatic carbocycles. The standard InChI is InChI=1S/C20H30N4O3S3/c1-2-3-9-22(16-8-12-30(25,26)14-16)15-24-20(28)23(13-17-6-4-10-27-17)19(21-24)18-7-5-11-29-18/h5,7,11,16-17H,2-4,6,8-10,12-15H2,1H3/t16-,17+/m0/s1. The average molecular weight is 471 g/mol. The number of ether oxygens (including phenoxy) is 1. The van der Waals surface area contributed by atoms with Gasteiger partial charge < -0.3 is 4.74 Å². The highest BCUT2D eigenvalue weighted by Gasteiger charge is 2.32. The first kappa shape index (κ1) is 22.1. The van der Waals surface area contributed by atoms with E-state index < -0.39 is 9.84 Å². The van der Waals surface area contributed by atoms with E-state index in [1.165, 1.54) is 0 Å². The molecule has 0 aliphatic carbocycles. The van der Waals surface area contributed by atoms with Crippen LogP contribution in [0.5, 0.6) is 0 Å². The number of rotatable bonds is 9. The van der Waals surface area contributed by atoms with Gasteiger partial charge in [-0.25, -0.2) is 13.1 Å². The van der Waals surface area contributed by atoms with Crippen LogP contribution in [0.15, 0.2) is 17.5 Å². The van der Waals surface area contributed by atoms with Gasteiger partial charge in [-0.05, 0) is 49.3 Å². The van der Waals surface area contributed by atoms with Crippen molar-refractivity contribution in [3.63, 3.8) is 0 Å². The van der Waals surface area contributed by atoms with Crippen molar-refractivity contribution in [3.8, 4) is 10.7 Å². The molecule has 2 aliphatic rings. The van der Waals surface area contributed by atoms with Crippen LogP contribution in [0, 0.1) is 4.77 Å². The second-order valence-corrected chi connectivity index (χ2v) is 11.7. The Labute approximate surface area is 187 Å². The summed E-state index contributed by atoms with van der Waals surface area (Å²) in [7, 11) is -2.94. The Kier molecular flexibility index (Phi) is 7.08. The molecule has 4 rings (SSSR count). The maximum atomic E-state index is 12.1. The van der Waals surface area contributed by atoms with Gasteiger partial charge in [0.1, 0.15) is 0 Å². The molecular weight excluding hydrogens is 440 g/mol. The van der Waals surface area contributed by atoms with Crippen molar-refractivity contribution in [1.82, 2.24) is 19.2 Å². The molecule has 0 saturated carbocycles. The number of aromatic nitrogens is 3. The van der Waals surface area contributed by atoms with Crippen LogP contribution in [0.25, 0.3) is 10.7 Å². The number of hydrogen-bond donors (Lipinski definition) is 0. The van der Waals surface area contributed by atoms with Gasteiger partial charge in [-0.2, -0.15) is 0 Å². The maximum absolute atomic E-state index is 12.1. The summed E-state index contributed by atoms with van der Waals surface area (Å²) in [5.74, 6) is 1.39. The quantitative estimate of drug-likeness (QED) is 0.522. The first-order valence-electron chi connectivity index (χ1n) is 10.7. The Morgan fingerprint density at radius 1 is 1.40 bits per heavy atom. The summed E-state index contributed by atoms with van der Waals surface area (Å²) in [5, 5.41) is 6.94. The number of hydrogen-bond acceptors (Lipinski definition) is 7. The predicted molar refractivity (Wildman–Crippen MR) is 122 cm³/mol. The van der Waals surface area contributed by atoms with E-state index in [9.17, 15) is 8.42 Å². The van der Waals surface area contributed by atoms with Crippen molar-refractivity contribution >= 4 is 33.4 Å². The van der Waals surface area contributed by atoms with E-state index in [0.29, 0.717) is 24.4 Å². The summed E-state index contributed by atoms with van der Waals surface area (Å²) in [6.07, 6.45) is 5.08. The number of nitrogens with zero attached hydrogens (tertiary/aromatic N) is 4. The van der Waals surface area contributed by atoms with Crippen molar-refractivity contribution < 1.29 is 13.2 Å². The predicted octanol–water partition coefficient (Wildman–Crippen LogP) is 3.57. The van der Waals surface area contributed by atoms with E-state index in [2.05, 4.69) is 22.5 Å². The summed E-state index contributed by atoms with van der Waals surface area (Å²) < 4.78 is 34.6. The molecular formula is C20H30N4O3S3. The SMILES string of the molecule is CCCCN(Cn1nc(-c2cccs2)n(C[C@H]2CCCO2)c1=S)[C@H]1CCS(=O)(=O)C1. The number of unbranched alkanes of at least 4 members (excludes halogenated alkanes) is 1. The molecule has 166 valence electrons. The minimum absolute atomic E-state index is 0.0388.